The molecule has 1 aromatic heterocycles. The van der Waals surface area contributed by atoms with Crippen molar-refractivity contribution >= 4 is 5.69 Å². The van der Waals surface area contributed by atoms with Crippen molar-refractivity contribution in [2.24, 2.45) is 0 Å². The Balaban J connectivity index is 2.11. The topological polar surface area (TPSA) is 49.9 Å². The molecule has 0 aliphatic carbocycles. The number of rotatable bonds is 4. The largest absolute Gasteiger partial charge is 0.494 e. The number of ether oxygens (including phenoxy) is 1. The second-order valence-corrected chi connectivity index (χ2v) is 3.73. The number of aromatic nitrogens is 2. The second-order valence-electron chi connectivity index (χ2n) is 3.73. The predicted octanol–water partition coefficient (Wildman–Crippen LogP) is 2.73. The van der Waals surface area contributed by atoms with E-state index in [4.69, 9.17) is 4.74 Å². The summed E-state index contributed by atoms with van der Waals surface area (Å²) in [7, 11) is 1.44. The molecule has 0 spiro atoms. The molecule has 4 nitrogen and oxygen atoms in total. The van der Waals surface area contributed by atoms with Crippen molar-refractivity contribution in [2.75, 3.05) is 12.4 Å². The Morgan fingerprint density at radius 2 is 2.24 bits per heavy atom. The number of nitrogens with one attached hydrogen (secondary N) is 2. The van der Waals surface area contributed by atoms with Gasteiger partial charge in [0.2, 0.25) is 0 Å². The summed E-state index contributed by atoms with van der Waals surface area (Å²) in [5.41, 5.74) is 1.65. The van der Waals surface area contributed by atoms with Crippen molar-refractivity contribution in [3.8, 4) is 5.75 Å². The molecule has 0 saturated carbocycles. The third kappa shape index (κ3) is 2.55. The first-order valence-electron chi connectivity index (χ1n) is 5.30. The minimum atomic E-state index is -0.380. The van der Waals surface area contributed by atoms with E-state index in [-0.39, 0.29) is 17.6 Å². The van der Waals surface area contributed by atoms with E-state index in [2.05, 4.69) is 15.5 Å². The molecule has 0 radical (unpaired) electrons. The molecular weight excluding hydrogens is 221 g/mol. The van der Waals surface area contributed by atoms with Crippen molar-refractivity contribution in [1.29, 1.82) is 0 Å². The van der Waals surface area contributed by atoms with E-state index in [9.17, 15) is 4.39 Å². The summed E-state index contributed by atoms with van der Waals surface area (Å²) < 4.78 is 18.3. The Bertz CT molecular complexity index is 485. The van der Waals surface area contributed by atoms with Gasteiger partial charge in [-0.1, -0.05) is 0 Å². The summed E-state index contributed by atoms with van der Waals surface area (Å²) >= 11 is 0. The van der Waals surface area contributed by atoms with Crippen molar-refractivity contribution in [2.45, 2.75) is 13.0 Å². The number of H-pyrrole nitrogens is 1. The van der Waals surface area contributed by atoms with Gasteiger partial charge in [-0.3, -0.25) is 5.10 Å². The van der Waals surface area contributed by atoms with E-state index in [1.54, 1.807) is 18.3 Å². The standard InChI is InChI=1S/C12H14FN3O/c1-8(11-5-6-14-16-11)15-9-3-4-12(17-2)10(13)7-9/h3-8,15H,1-2H3,(H,14,16). The van der Waals surface area contributed by atoms with Gasteiger partial charge in [0.1, 0.15) is 0 Å². The van der Waals surface area contributed by atoms with Crippen LogP contribution in [0.3, 0.4) is 0 Å². The van der Waals surface area contributed by atoms with E-state index in [0.717, 1.165) is 5.69 Å². The number of nitrogens with zero attached hydrogens (tertiary/aromatic N) is 1. The van der Waals surface area contributed by atoms with E-state index in [1.807, 2.05) is 13.0 Å². The number of halogens is 1. The summed E-state index contributed by atoms with van der Waals surface area (Å²) in [5.74, 6) is -0.140. The molecule has 0 aliphatic heterocycles. The van der Waals surface area contributed by atoms with E-state index in [0.29, 0.717) is 5.69 Å². The van der Waals surface area contributed by atoms with Crippen LogP contribution in [0.15, 0.2) is 30.5 Å². The summed E-state index contributed by atoms with van der Waals surface area (Å²) in [6.07, 6.45) is 1.68. The van der Waals surface area contributed by atoms with E-state index in [1.165, 1.54) is 13.2 Å². The summed E-state index contributed by atoms with van der Waals surface area (Å²) in [4.78, 5) is 0. The zero-order valence-electron chi connectivity index (χ0n) is 9.70. The quantitative estimate of drug-likeness (QED) is 0.856. The SMILES string of the molecule is COc1ccc(NC(C)c2ccn[nH]2)cc1F. The highest BCUT2D eigenvalue weighted by Crippen LogP contribution is 2.23. The molecule has 1 heterocycles. The third-order valence-electron chi connectivity index (χ3n) is 2.52. The van der Waals surface area contributed by atoms with Gasteiger partial charge >= 0.3 is 0 Å². The third-order valence-corrected chi connectivity index (χ3v) is 2.52. The lowest BCUT2D eigenvalue weighted by molar-refractivity contribution is 0.386. The molecule has 0 amide bonds. The van der Waals surface area contributed by atoms with Crippen LogP contribution >= 0.6 is 0 Å². The lowest BCUT2D eigenvalue weighted by Gasteiger charge is -2.14. The van der Waals surface area contributed by atoms with Crippen LogP contribution in [0, 0.1) is 5.82 Å². The molecule has 0 saturated heterocycles. The molecule has 90 valence electrons. The lowest BCUT2D eigenvalue weighted by atomic mass is 10.2. The number of benzene rings is 1. The van der Waals surface area contributed by atoms with Gasteiger partial charge in [0.25, 0.3) is 0 Å². The minimum absolute atomic E-state index is 0.0327. The molecule has 2 aromatic rings. The number of aromatic amines is 1. The van der Waals surface area contributed by atoms with Crippen molar-refractivity contribution in [3.63, 3.8) is 0 Å². The fraction of sp³-hybridized carbons (Fsp3) is 0.250. The fourth-order valence-electron chi connectivity index (χ4n) is 1.59. The molecule has 0 aliphatic rings. The maximum Gasteiger partial charge on any atom is 0.167 e. The fourth-order valence-corrected chi connectivity index (χ4v) is 1.59. The highest BCUT2D eigenvalue weighted by atomic mass is 19.1. The van der Waals surface area contributed by atoms with Crippen LogP contribution in [0.4, 0.5) is 10.1 Å². The Kier molecular flexibility index (Phi) is 3.27. The highest BCUT2D eigenvalue weighted by molar-refractivity contribution is 5.48. The van der Waals surface area contributed by atoms with Crippen LogP contribution in [0.2, 0.25) is 0 Å². The van der Waals surface area contributed by atoms with Gasteiger partial charge < -0.3 is 10.1 Å². The monoisotopic (exact) mass is 235 g/mol. The van der Waals surface area contributed by atoms with Crippen molar-refractivity contribution in [1.82, 2.24) is 10.2 Å². The molecule has 1 unspecified atom stereocenters. The van der Waals surface area contributed by atoms with Crippen LogP contribution in [-0.2, 0) is 0 Å². The highest BCUT2D eigenvalue weighted by Gasteiger charge is 2.08. The number of hydrogen-bond donors (Lipinski definition) is 2. The maximum absolute atomic E-state index is 13.5. The summed E-state index contributed by atoms with van der Waals surface area (Å²) in [5, 5.41) is 9.90. The molecule has 0 fully saturated rings. The van der Waals surface area contributed by atoms with Crippen LogP contribution in [-0.4, -0.2) is 17.3 Å². The average molecular weight is 235 g/mol. The molecule has 2 rings (SSSR count). The Morgan fingerprint density at radius 3 is 2.82 bits per heavy atom. The van der Waals surface area contributed by atoms with Crippen LogP contribution in [0.5, 0.6) is 5.75 Å². The Hall–Kier alpha value is -2.04. The van der Waals surface area contributed by atoms with Gasteiger partial charge in [0.05, 0.1) is 18.8 Å². The van der Waals surface area contributed by atoms with E-state index < -0.39 is 0 Å². The molecule has 5 heteroatoms. The normalized spacial score (nSPS) is 12.2. The van der Waals surface area contributed by atoms with E-state index >= 15 is 0 Å². The Morgan fingerprint density at radius 1 is 1.41 bits per heavy atom. The lowest BCUT2D eigenvalue weighted by Crippen LogP contribution is -2.07. The summed E-state index contributed by atoms with van der Waals surface area (Å²) in [6.45, 7) is 1.97. The number of hydrogen-bond acceptors (Lipinski definition) is 3. The maximum atomic E-state index is 13.5. The van der Waals surface area contributed by atoms with Gasteiger partial charge in [0, 0.05) is 18.0 Å². The van der Waals surface area contributed by atoms with Crippen LogP contribution < -0.4 is 10.1 Å². The molecule has 17 heavy (non-hydrogen) atoms. The van der Waals surface area contributed by atoms with Crippen molar-refractivity contribution in [3.05, 3.63) is 42.0 Å². The first kappa shape index (κ1) is 11.4. The number of anilines is 1. The van der Waals surface area contributed by atoms with Gasteiger partial charge in [-0.25, -0.2) is 4.39 Å². The van der Waals surface area contributed by atoms with Gasteiger partial charge in [0.15, 0.2) is 11.6 Å². The van der Waals surface area contributed by atoms with Crippen LogP contribution in [0.1, 0.15) is 18.7 Å². The molecule has 2 N–H and O–H groups in total. The first-order valence-corrected chi connectivity index (χ1v) is 5.30. The second kappa shape index (κ2) is 4.86. The minimum Gasteiger partial charge on any atom is -0.494 e. The van der Waals surface area contributed by atoms with Crippen LogP contribution in [0.25, 0.3) is 0 Å². The van der Waals surface area contributed by atoms with Gasteiger partial charge in [-0.05, 0) is 25.1 Å². The molecular formula is C12H14FN3O. The zero-order chi connectivity index (χ0) is 12.3. The predicted molar refractivity (Wildman–Crippen MR) is 63.6 cm³/mol. The number of methoxy groups -OCH3 is 1. The van der Waals surface area contributed by atoms with Crippen molar-refractivity contribution < 1.29 is 9.13 Å². The first-order chi connectivity index (χ1) is 8.20. The van der Waals surface area contributed by atoms with Gasteiger partial charge in [-0.2, -0.15) is 5.10 Å². The average Bonchev–Trinajstić information content (AvgIpc) is 2.82. The smallest absolute Gasteiger partial charge is 0.167 e. The van der Waals surface area contributed by atoms with Gasteiger partial charge in [-0.15, -0.1) is 0 Å². The molecule has 0 bridgehead atoms. The molecule has 1 aromatic carbocycles. The Labute approximate surface area is 98.8 Å². The molecule has 1 atom stereocenters. The zero-order valence-corrected chi connectivity index (χ0v) is 9.70. The summed E-state index contributed by atoms with van der Waals surface area (Å²) in [6, 6.07) is 6.68.